The molecule has 0 saturated heterocycles. The second kappa shape index (κ2) is 3.65. The third-order valence-corrected chi connectivity index (χ3v) is 3.79. The van der Waals surface area contributed by atoms with Gasteiger partial charge in [-0.25, -0.2) is 4.98 Å². The number of benzene rings is 1. The van der Waals surface area contributed by atoms with Crippen molar-refractivity contribution in [3.8, 4) is 0 Å². The first-order valence-electron chi connectivity index (χ1n) is 4.85. The first kappa shape index (κ1) is 10.7. The molecule has 0 spiro atoms. The number of hydrogen-bond donors (Lipinski definition) is 1. The Labute approximate surface area is 98.1 Å². The number of hydrogen-bond acceptors (Lipinski definition) is 3. The first-order chi connectivity index (χ1) is 7.00. The van der Waals surface area contributed by atoms with Gasteiger partial charge in [-0.15, -0.1) is 0 Å². The number of nitrogens with two attached hydrogens (primary N) is 1. The van der Waals surface area contributed by atoms with Crippen molar-refractivity contribution in [1.82, 2.24) is 4.98 Å². The van der Waals surface area contributed by atoms with E-state index in [1.165, 1.54) is 22.5 Å². The zero-order valence-electron chi connectivity index (χ0n) is 8.97. The van der Waals surface area contributed by atoms with Crippen LogP contribution in [0.5, 0.6) is 0 Å². The van der Waals surface area contributed by atoms with Gasteiger partial charge in [0.2, 0.25) is 0 Å². The molecule has 0 saturated carbocycles. The summed E-state index contributed by atoms with van der Waals surface area (Å²) >= 11 is 7.62. The molecular formula is C11H13ClN2S. The van der Waals surface area contributed by atoms with E-state index in [-0.39, 0.29) is 0 Å². The summed E-state index contributed by atoms with van der Waals surface area (Å²) in [6.07, 6.45) is 0. The highest BCUT2D eigenvalue weighted by molar-refractivity contribution is 7.22. The van der Waals surface area contributed by atoms with E-state index >= 15 is 0 Å². The summed E-state index contributed by atoms with van der Waals surface area (Å²) in [7, 11) is 0. The van der Waals surface area contributed by atoms with Gasteiger partial charge in [-0.05, 0) is 30.0 Å². The fraction of sp³-hybridized carbons (Fsp3) is 0.364. The third kappa shape index (κ3) is 1.70. The largest absolute Gasteiger partial charge is 0.375 e. The van der Waals surface area contributed by atoms with Gasteiger partial charge in [-0.2, -0.15) is 0 Å². The molecule has 4 heteroatoms. The Hall–Kier alpha value is -0.800. The minimum atomic E-state index is 0.436. The molecule has 0 fully saturated rings. The minimum absolute atomic E-state index is 0.436. The summed E-state index contributed by atoms with van der Waals surface area (Å²) in [5.74, 6) is 0.436. The molecule has 0 atom stereocenters. The SMILES string of the molecule is Cc1cc(Cl)c2sc(N)nc2c1C(C)C. The molecule has 0 aliphatic heterocycles. The molecule has 0 amide bonds. The monoisotopic (exact) mass is 240 g/mol. The molecule has 1 heterocycles. The predicted molar refractivity (Wildman–Crippen MR) is 67.9 cm³/mol. The van der Waals surface area contributed by atoms with Gasteiger partial charge in [0.25, 0.3) is 0 Å². The molecule has 1 aromatic heterocycles. The lowest BCUT2D eigenvalue weighted by Gasteiger charge is -2.10. The van der Waals surface area contributed by atoms with Crippen molar-refractivity contribution in [3.05, 3.63) is 22.2 Å². The van der Waals surface area contributed by atoms with Gasteiger partial charge < -0.3 is 5.73 Å². The zero-order chi connectivity index (χ0) is 11.2. The molecule has 80 valence electrons. The number of rotatable bonds is 1. The lowest BCUT2D eigenvalue weighted by molar-refractivity contribution is 0.864. The van der Waals surface area contributed by atoms with Crippen LogP contribution in [-0.4, -0.2) is 4.98 Å². The molecule has 0 aliphatic rings. The van der Waals surface area contributed by atoms with E-state index in [1.807, 2.05) is 6.07 Å². The third-order valence-electron chi connectivity index (χ3n) is 2.46. The van der Waals surface area contributed by atoms with E-state index in [2.05, 4.69) is 25.8 Å². The number of fused-ring (bicyclic) bond motifs is 1. The normalized spacial score (nSPS) is 11.5. The van der Waals surface area contributed by atoms with Crippen molar-refractivity contribution >= 4 is 38.3 Å². The average Bonchev–Trinajstić information content (AvgIpc) is 2.45. The highest BCUT2D eigenvalue weighted by atomic mass is 35.5. The van der Waals surface area contributed by atoms with Crippen LogP contribution in [0.4, 0.5) is 5.13 Å². The van der Waals surface area contributed by atoms with E-state index in [0.29, 0.717) is 11.0 Å². The maximum Gasteiger partial charge on any atom is 0.181 e. The van der Waals surface area contributed by atoms with Crippen LogP contribution in [-0.2, 0) is 0 Å². The van der Waals surface area contributed by atoms with E-state index in [0.717, 1.165) is 15.2 Å². The number of nitrogen functional groups attached to an aromatic ring is 1. The molecule has 0 unspecified atom stereocenters. The second-order valence-corrected chi connectivity index (χ2v) is 5.41. The quantitative estimate of drug-likeness (QED) is 0.819. The summed E-state index contributed by atoms with van der Waals surface area (Å²) in [4.78, 5) is 4.37. The summed E-state index contributed by atoms with van der Waals surface area (Å²) < 4.78 is 1.00. The van der Waals surface area contributed by atoms with E-state index in [1.54, 1.807) is 0 Å². The summed E-state index contributed by atoms with van der Waals surface area (Å²) in [6, 6.07) is 2.00. The number of halogens is 1. The van der Waals surface area contributed by atoms with Crippen LogP contribution >= 0.6 is 22.9 Å². The summed E-state index contributed by atoms with van der Waals surface area (Å²) in [5.41, 5.74) is 9.14. The molecule has 0 bridgehead atoms. The molecule has 15 heavy (non-hydrogen) atoms. The molecular weight excluding hydrogens is 228 g/mol. The Morgan fingerprint density at radius 3 is 2.73 bits per heavy atom. The fourth-order valence-electron chi connectivity index (χ4n) is 1.93. The maximum atomic E-state index is 6.17. The van der Waals surface area contributed by atoms with Crippen molar-refractivity contribution in [1.29, 1.82) is 0 Å². The number of anilines is 1. The van der Waals surface area contributed by atoms with Crippen LogP contribution in [0, 0.1) is 6.92 Å². The first-order valence-corrected chi connectivity index (χ1v) is 6.05. The molecule has 2 rings (SSSR count). The van der Waals surface area contributed by atoms with E-state index in [4.69, 9.17) is 17.3 Å². The standard InChI is InChI=1S/C11H13ClN2S/c1-5(2)8-6(3)4-7(12)10-9(8)14-11(13)15-10/h4-5H,1-3H3,(H2,13,14). The lowest BCUT2D eigenvalue weighted by Crippen LogP contribution is -1.94. The van der Waals surface area contributed by atoms with Crippen molar-refractivity contribution in [3.63, 3.8) is 0 Å². The van der Waals surface area contributed by atoms with Crippen LogP contribution in [0.15, 0.2) is 6.07 Å². The maximum absolute atomic E-state index is 6.17. The van der Waals surface area contributed by atoms with Gasteiger partial charge in [0.1, 0.15) is 0 Å². The van der Waals surface area contributed by atoms with Gasteiger partial charge >= 0.3 is 0 Å². The lowest BCUT2D eigenvalue weighted by atomic mass is 9.97. The van der Waals surface area contributed by atoms with E-state index < -0.39 is 0 Å². The molecule has 1 aromatic carbocycles. The highest BCUT2D eigenvalue weighted by Gasteiger charge is 2.15. The summed E-state index contributed by atoms with van der Waals surface area (Å²) in [6.45, 7) is 6.38. The molecule has 0 aliphatic carbocycles. The second-order valence-electron chi connectivity index (χ2n) is 3.97. The number of aryl methyl sites for hydroxylation is 1. The molecule has 2 nitrogen and oxygen atoms in total. The van der Waals surface area contributed by atoms with Gasteiger partial charge in [0, 0.05) is 0 Å². The molecule has 0 radical (unpaired) electrons. The van der Waals surface area contributed by atoms with Gasteiger partial charge in [0.15, 0.2) is 5.13 Å². The Balaban J connectivity index is 2.89. The van der Waals surface area contributed by atoms with Crippen molar-refractivity contribution in [2.45, 2.75) is 26.7 Å². The van der Waals surface area contributed by atoms with Crippen molar-refractivity contribution in [2.75, 3.05) is 5.73 Å². The van der Waals surface area contributed by atoms with E-state index in [9.17, 15) is 0 Å². The van der Waals surface area contributed by atoms with Gasteiger partial charge in [-0.3, -0.25) is 0 Å². The molecule has 2 N–H and O–H groups in total. The molecule has 2 aromatic rings. The van der Waals surface area contributed by atoms with Crippen LogP contribution in [0.1, 0.15) is 30.9 Å². The Kier molecular flexibility index (Phi) is 2.61. The van der Waals surface area contributed by atoms with Crippen LogP contribution in [0.3, 0.4) is 0 Å². The predicted octanol–water partition coefficient (Wildman–Crippen LogP) is 3.96. The highest BCUT2D eigenvalue weighted by Crippen LogP contribution is 2.37. The minimum Gasteiger partial charge on any atom is -0.375 e. The smallest absolute Gasteiger partial charge is 0.181 e. The average molecular weight is 241 g/mol. The van der Waals surface area contributed by atoms with Crippen molar-refractivity contribution < 1.29 is 0 Å². The Morgan fingerprint density at radius 1 is 1.47 bits per heavy atom. The number of nitrogens with zero attached hydrogens (tertiary/aromatic N) is 1. The topological polar surface area (TPSA) is 38.9 Å². The van der Waals surface area contributed by atoms with Crippen LogP contribution < -0.4 is 5.73 Å². The van der Waals surface area contributed by atoms with Crippen LogP contribution in [0.2, 0.25) is 5.02 Å². The van der Waals surface area contributed by atoms with Gasteiger partial charge in [0.05, 0.1) is 15.2 Å². The summed E-state index contributed by atoms with van der Waals surface area (Å²) in [5, 5.41) is 1.33. The number of thiazole rings is 1. The Bertz CT molecular complexity index is 517. The Morgan fingerprint density at radius 2 is 2.13 bits per heavy atom. The zero-order valence-corrected chi connectivity index (χ0v) is 10.5. The number of aromatic nitrogens is 1. The van der Waals surface area contributed by atoms with Gasteiger partial charge in [-0.1, -0.05) is 36.8 Å². The van der Waals surface area contributed by atoms with Crippen molar-refractivity contribution in [2.24, 2.45) is 0 Å². The van der Waals surface area contributed by atoms with Crippen LogP contribution in [0.25, 0.3) is 10.2 Å². The fourth-order valence-corrected chi connectivity index (χ4v) is 3.05.